The summed E-state index contributed by atoms with van der Waals surface area (Å²) in [5.74, 6) is 0.0623. The van der Waals surface area contributed by atoms with Crippen LogP contribution in [-0.4, -0.2) is 33.9 Å². The van der Waals surface area contributed by atoms with Gasteiger partial charge in [0.25, 0.3) is 5.91 Å². The smallest absolute Gasteiger partial charge is 0.254 e. The quantitative estimate of drug-likeness (QED) is 0.788. The molecule has 4 nitrogen and oxygen atoms in total. The van der Waals surface area contributed by atoms with E-state index >= 15 is 0 Å². The number of benzene rings is 2. The average molecular weight is 329 g/mol. The number of imidazole rings is 1. The first kappa shape index (κ1) is 15.4. The van der Waals surface area contributed by atoms with Crippen molar-refractivity contribution in [1.29, 1.82) is 0 Å². The molecule has 1 aromatic heterocycles. The largest absolute Gasteiger partial charge is 0.345 e. The van der Waals surface area contributed by atoms with Crippen molar-refractivity contribution in [2.24, 2.45) is 0 Å². The number of fused-ring (bicyclic) bond motifs is 1. The summed E-state index contributed by atoms with van der Waals surface area (Å²) in [6.45, 7) is 1.38. The summed E-state index contributed by atoms with van der Waals surface area (Å²) >= 11 is 0. The lowest BCUT2D eigenvalue weighted by atomic mass is 10.0. The Morgan fingerprint density at radius 2 is 2.00 bits per heavy atom. The second kappa shape index (κ2) is 6.77. The fourth-order valence-electron chi connectivity index (χ4n) is 3.04. The first-order valence-corrected chi connectivity index (χ1v) is 8.44. The van der Waals surface area contributed by atoms with Crippen LogP contribution in [0.25, 0.3) is 17.1 Å². The molecule has 1 amide bonds. The maximum atomic E-state index is 12.7. The molecule has 0 fully saturated rings. The second-order valence-electron chi connectivity index (χ2n) is 6.16. The van der Waals surface area contributed by atoms with Gasteiger partial charge in [-0.2, -0.15) is 0 Å². The van der Waals surface area contributed by atoms with Crippen LogP contribution in [0.1, 0.15) is 22.3 Å². The summed E-state index contributed by atoms with van der Waals surface area (Å²) in [5.41, 5.74) is 4.93. The number of nitrogens with one attached hydrogen (secondary N) is 1. The van der Waals surface area contributed by atoms with Crippen LogP contribution in [0.3, 0.4) is 0 Å². The summed E-state index contributed by atoms with van der Waals surface area (Å²) in [6, 6.07) is 15.9. The molecule has 0 saturated carbocycles. The van der Waals surface area contributed by atoms with E-state index in [1.165, 1.54) is 11.1 Å². The van der Waals surface area contributed by atoms with Gasteiger partial charge < -0.3 is 9.88 Å². The first-order valence-electron chi connectivity index (χ1n) is 8.44. The zero-order valence-electron chi connectivity index (χ0n) is 13.9. The molecule has 0 unspecified atom stereocenters. The van der Waals surface area contributed by atoms with Gasteiger partial charge in [-0.15, -0.1) is 0 Å². The third-order valence-corrected chi connectivity index (χ3v) is 4.49. The van der Waals surface area contributed by atoms with Gasteiger partial charge in [-0.25, -0.2) is 4.98 Å². The molecule has 3 aromatic rings. The van der Waals surface area contributed by atoms with Crippen LogP contribution in [-0.2, 0) is 0 Å². The van der Waals surface area contributed by atoms with Gasteiger partial charge in [0.15, 0.2) is 0 Å². The molecule has 2 heterocycles. The molecule has 0 bridgehead atoms. The number of aromatic amines is 1. The van der Waals surface area contributed by atoms with E-state index in [1.54, 1.807) is 6.33 Å². The van der Waals surface area contributed by atoms with Crippen LogP contribution in [0, 0.1) is 0 Å². The number of hydrogen-bond acceptors (Lipinski definition) is 2. The number of aromatic nitrogens is 2. The second-order valence-corrected chi connectivity index (χ2v) is 6.16. The first-order chi connectivity index (χ1) is 12.3. The van der Waals surface area contributed by atoms with Crippen molar-refractivity contribution in [1.82, 2.24) is 14.9 Å². The summed E-state index contributed by atoms with van der Waals surface area (Å²) in [5, 5.41) is 0. The minimum Gasteiger partial charge on any atom is -0.345 e. The van der Waals surface area contributed by atoms with Crippen LogP contribution in [0.2, 0.25) is 0 Å². The maximum absolute atomic E-state index is 12.7. The lowest BCUT2D eigenvalue weighted by Crippen LogP contribution is -2.34. The SMILES string of the molecule is O=C(c1ccc2[nH]cnc2c1)N1CC=C(/C=C/c2ccccc2)CC1. The van der Waals surface area contributed by atoms with Gasteiger partial charge in [0.2, 0.25) is 0 Å². The number of carbonyl (C=O) groups excluding carboxylic acids is 1. The van der Waals surface area contributed by atoms with Gasteiger partial charge in [-0.05, 0) is 35.8 Å². The third kappa shape index (κ3) is 3.38. The molecule has 124 valence electrons. The van der Waals surface area contributed by atoms with E-state index < -0.39 is 0 Å². The Balaban J connectivity index is 1.44. The Hall–Kier alpha value is -3.14. The summed E-state index contributed by atoms with van der Waals surface area (Å²) in [6.07, 6.45) is 8.92. The van der Waals surface area contributed by atoms with Crippen LogP contribution in [0.15, 0.2) is 72.6 Å². The predicted octanol–water partition coefficient (Wildman–Crippen LogP) is 4.05. The number of H-pyrrole nitrogens is 1. The van der Waals surface area contributed by atoms with E-state index in [4.69, 9.17) is 0 Å². The van der Waals surface area contributed by atoms with Crippen LogP contribution in [0.5, 0.6) is 0 Å². The Bertz CT molecular complexity index is 953. The zero-order chi connectivity index (χ0) is 17.1. The summed E-state index contributed by atoms with van der Waals surface area (Å²) in [7, 11) is 0. The van der Waals surface area contributed by atoms with E-state index in [0.717, 1.165) is 24.0 Å². The van der Waals surface area contributed by atoms with Crippen molar-refractivity contribution in [3.63, 3.8) is 0 Å². The average Bonchev–Trinajstić information content (AvgIpc) is 3.15. The van der Waals surface area contributed by atoms with Gasteiger partial charge >= 0.3 is 0 Å². The molecule has 2 aromatic carbocycles. The molecule has 0 saturated heterocycles. The summed E-state index contributed by atoms with van der Waals surface area (Å²) in [4.78, 5) is 21.8. The van der Waals surface area contributed by atoms with E-state index in [-0.39, 0.29) is 5.91 Å². The Morgan fingerprint density at radius 3 is 2.80 bits per heavy atom. The highest BCUT2D eigenvalue weighted by atomic mass is 16.2. The fourth-order valence-corrected chi connectivity index (χ4v) is 3.04. The molecule has 1 N–H and O–H groups in total. The van der Waals surface area contributed by atoms with E-state index in [1.807, 2.05) is 41.3 Å². The Kier molecular flexibility index (Phi) is 4.17. The minimum absolute atomic E-state index is 0.0623. The minimum atomic E-state index is 0.0623. The molecule has 0 spiro atoms. The van der Waals surface area contributed by atoms with E-state index in [9.17, 15) is 4.79 Å². The molecule has 0 radical (unpaired) electrons. The molecule has 0 aliphatic carbocycles. The Morgan fingerprint density at radius 1 is 1.12 bits per heavy atom. The van der Waals surface area contributed by atoms with Gasteiger partial charge in [0, 0.05) is 18.7 Å². The summed E-state index contributed by atoms with van der Waals surface area (Å²) < 4.78 is 0. The monoisotopic (exact) mass is 329 g/mol. The van der Waals surface area contributed by atoms with Crippen molar-refractivity contribution < 1.29 is 4.79 Å². The van der Waals surface area contributed by atoms with Crippen molar-refractivity contribution in [2.75, 3.05) is 13.1 Å². The highest BCUT2D eigenvalue weighted by Crippen LogP contribution is 2.18. The normalized spacial score (nSPS) is 14.9. The van der Waals surface area contributed by atoms with Gasteiger partial charge in [0.05, 0.1) is 17.4 Å². The van der Waals surface area contributed by atoms with Crippen molar-refractivity contribution in [3.8, 4) is 0 Å². The Labute approximate surface area is 146 Å². The molecule has 4 rings (SSSR count). The van der Waals surface area contributed by atoms with Gasteiger partial charge in [-0.3, -0.25) is 4.79 Å². The van der Waals surface area contributed by atoms with Crippen LogP contribution < -0.4 is 0 Å². The van der Waals surface area contributed by atoms with Crippen molar-refractivity contribution in [2.45, 2.75) is 6.42 Å². The number of amides is 1. The molecular weight excluding hydrogens is 310 g/mol. The van der Waals surface area contributed by atoms with Gasteiger partial charge in [0.1, 0.15) is 0 Å². The molecule has 0 atom stereocenters. The number of nitrogens with zero attached hydrogens (tertiary/aromatic N) is 2. The lowest BCUT2D eigenvalue weighted by Gasteiger charge is -2.25. The van der Waals surface area contributed by atoms with Crippen molar-refractivity contribution in [3.05, 3.63) is 83.7 Å². The van der Waals surface area contributed by atoms with E-state index in [2.05, 4.69) is 40.3 Å². The van der Waals surface area contributed by atoms with Crippen molar-refractivity contribution >= 4 is 23.0 Å². The molecule has 4 heteroatoms. The van der Waals surface area contributed by atoms with Gasteiger partial charge in [-0.1, -0.05) is 48.6 Å². The number of rotatable bonds is 3. The molecular formula is C21H19N3O. The molecule has 1 aliphatic heterocycles. The molecule has 1 aliphatic rings. The third-order valence-electron chi connectivity index (χ3n) is 4.49. The number of allylic oxidation sites excluding steroid dienone is 1. The fraction of sp³-hybridized carbons (Fsp3) is 0.143. The van der Waals surface area contributed by atoms with Crippen LogP contribution >= 0.6 is 0 Å². The lowest BCUT2D eigenvalue weighted by molar-refractivity contribution is 0.0770. The molecule has 25 heavy (non-hydrogen) atoms. The highest BCUT2D eigenvalue weighted by Gasteiger charge is 2.18. The predicted molar refractivity (Wildman–Crippen MR) is 100 cm³/mol. The highest BCUT2D eigenvalue weighted by molar-refractivity contribution is 5.97. The van der Waals surface area contributed by atoms with Crippen LogP contribution in [0.4, 0.5) is 0 Å². The topological polar surface area (TPSA) is 49.0 Å². The number of hydrogen-bond donors (Lipinski definition) is 1. The standard InChI is InChI=1S/C21H19N3O/c25-21(18-8-9-19-20(14-18)23-15-22-19)24-12-10-17(11-13-24)7-6-16-4-2-1-3-5-16/h1-10,14-15H,11-13H2,(H,22,23)/b7-6+. The maximum Gasteiger partial charge on any atom is 0.254 e. The zero-order valence-corrected chi connectivity index (χ0v) is 13.9. The number of carbonyl (C=O) groups is 1. The van der Waals surface area contributed by atoms with E-state index in [0.29, 0.717) is 12.1 Å².